The lowest BCUT2D eigenvalue weighted by Crippen LogP contribution is -2.39. The number of hydrogen-bond donors (Lipinski definition) is 3. The molecule has 0 bridgehead atoms. The first-order valence-corrected chi connectivity index (χ1v) is 6.95. The third kappa shape index (κ3) is 1.98. The predicted octanol–water partition coefficient (Wildman–Crippen LogP) is -0.258. The Morgan fingerprint density at radius 2 is 1.58 bits per heavy atom. The lowest BCUT2D eigenvalue weighted by molar-refractivity contribution is -0.130. The maximum atomic E-state index is 11.9. The molecule has 8 heteroatoms. The van der Waals surface area contributed by atoms with Crippen molar-refractivity contribution in [1.29, 1.82) is 0 Å². The van der Waals surface area contributed by atoms with E-state index in [-0.39, 0.29) is 11.3 Å². The molecular weight excluding hydrogens is 272 g/mol. The van der Waals surface area contributed by atoms with Crippen molar-refractivity contribution < 1.29 is 22.6 Å². The highest BCUT2D eigenvalue weighted by Gasteiger charge is 2.50. The van der Waals surface area contributed by atoms with Crippen molar-refractivity contribution in [1.82, 2.24) is 10.9 Å². The van der Waals surface area contributed by atoms with Crippen LogP contribution in [0.1, 0.15) is 18.9 Å². The molecule has 1 saturated heterocycles. The van der Waals surface area contributed by atoms with E-state index in [4.69, 9.17) is 4.55 Å². The first-order valence-electron chi connectivity index (χ1n) is 5.51. The highest BCUT2D eigenvalue weighted by molar-refractivity contribution is 7.85. The molecule has 0 saturated carbocycles. The molecule has 3 N–H and O–H groups in total. The summed E-state index contributed by atoms with van der Waals surface area (Å²) in [4.78, 5) is 23.4. The lowest BCUT2D eigenvalue weighted by atomic mass is 9.77. The average molecular weight is 284 g/mol. The molecule has 1 heterocycles. The zero-order valence-electron chi connectivity index (χ0n) is 10.0. The van der Waals surface area contributed by atoms with Crippen LogP contribution in [0.4, 0.5) is 0 Å². The van der Waals surface area contributed by atoms with Gasteiger partial charge in [0.05, 0.1) is 4.90 Å². The molecule has 0 aliphatic carbocycles. The first kappa shape index (κ1) is 13.5. The molecule has 2 rings (SSSR count). The van der Waals surface area contributed by atoms with Gasteiger partial charge in [-0.15, -0.1) is 0 Å². The molecule has 7 nitrogen and oxygen atoms in total. The molecule has 0 atom stereocenters. The summed E-state index contributed by atoms with van der Waals surface area (Å²) in [6, 6.07) is 5.00. The van der Waals surface area contributed by atoms with Gasteiger partial charge in [0, 0.05) is 0 Å². The highest BCUT2D eigenvalue weighted by Crippen LogP contribution is 2.31. The van der Waals surface area contributed by atoms with Crippen molar-refractivity contribution in [2.45, 2.75) is 23.7 Å². The summed E-state index contributed by atoms with van der Waals surface area (Å²) >= 11 is 0. The number of rotatable bonds is 3. The normalized spacial score (nSPS) is 18.0. The lowest BCUT2D eigenvalue weighted by Gasteiger charge is -2.21. The molecule has 0 radical (unpaired) electrons. The second kappa shape index (κ2) is 4.32. The van der Waals surface area contributed by atoms with Gasteiger partial charge in [0.25, 0.3) is 21.9 Å². The number of hydrazine groups is 1. The van der Waals surface area contributed by atoms with E-state index in [0.717, 1.165) is 12.1 Å². The second-order valence-electron chi connectivity index (χ2n) is 4.17. The van der Waals surface area contributed by atoms with E-state index < -0.39 is 27.3 Å². The third-order valence-electron chi connectivity index (χ3n) is 3.24. The van der Waals surface area contributed by atoms with E-state index in [9.17, 15) is 18.0 Å². The van der Waals surface area contributed by atoms with Crippen LogP contribution in [-0.4, -0.2) is 24.8 Å². The van der Waals surface area contributed by atoms with Gasteiger partial charge < -0.3 is 0 Å². The highest BCUT2D eigenvalue weighted by atomic mass is 32.2. The average Bonchev–Trinajstić information content (AvgIpc) is 2.65. The van der Waals surface area contributed by atoms with Crippen molar-refractivity contribution in [3.8, 4) is 0 Å². The number of carbonyl (C=O) groups excluding carboxylic acids is 2. The Morgan fingerprint density at radius 1 is 1.11 bits per heavy atom. The Hall–Kier alpha value is -1.93. The van der Waals surface area contributed by atoms with Crippen LogP contribution in [0.2, 0.25) is 0 Å². The van der Waals surface area contributed by atoms with Gasteiger partial charge in [-0.25, -0.2) is 0 Å². The Morgan fingerprint density at radius 3 is 1.95 bits per heavy atom. The Kier molecular flexibility index (Phi) is 3.07. The van der Waals surface area contributed by atoms with Gasteiger partial charge in [-0.1, -0.05) is 19.1 Å². The smallest absolute Gasteiger partial charge is 0.282 e. The van der Waals surface area contributed by atoms with Crippen molar-refractivity contribution in [2.24, 2.45) is 0 Å². The molecule has 1 aromatic rings. The molecule has 1 aliphatic rings. The summed E-state index contributed by atoms with van der Waals surface area (Å²) in [6.45, 7) is 1.68. The van der Waals surface area contributed by atoms with Crippen molar-refractivity contribution in [3.63, 3.8) is 0 Å². The Labute approximate surface area is 109 Å². The van der Waals surface area contributed by atoms with E-state index >= 15 is 0 Å². The van der Waals surface area contributed by atoms with Crippen LogP contribution in [0.25, 0.3) is 0 Å². The summed E-state index contributed by atoms with van der Waals surface area (Å²) in [5, 5.41) is 0. The minimum Gasteiger partial charge on any atom is -0.282 e. The molecule has 2 amide bonds. The standard InChI is InChI=1S/C11H12N2O5S/c1-2-11(9(14)12-13-10(11)15)7-3-5-8(6-4-7)19(16,17)18/h3-6H,2H2,1H3,(H,12,14)(H,13,15)(H,16,17,18). The maximum Gasteiger partial charge on any atom is 0.294 e. The topological polar surface area (TPSA) is 113 Å². The van der Waals surface area contributed by atoms with E-state index in [1.54, 1.807) is 6.92 Å². The number of benzene rings is 1. The molecule has 102 valence electrons. The zero-order chi connectivity index (χ0) is 14.3. The fourth-order valence-corrected chi connectivity index (χ4v) is 2.61. The Bertz CT molecular complexity index is 620. The summed E-state index contributed by atoms with van der Waals surface area (Å²) in [5.74, 6) is -0.973. The fourth-order valence-electron chi connectivity index (χ4n) is 2.13. The van der Waals surface area contributed by atoms with E-state index in [1.165, 1.54) is 12.1 Å². The van der Waals surface area contributed by atoms with Gasteiger partial charge in [0.15, 0.2) is 5.41 Å². The Balaban J connectivity index is 2.52. The quantitative estimate of drug-likeness (QED) is 0.523. The maximum absolute atomic E-state index is 11.9. The summed E-state index contributed by atoms with van der Waals surface area (Å²) in [5.41, 5.74) is 3.50. The molecule has 0 unspecified atom stereocenters. The van der Waals surface area contributed by atoms with Gasteiger partial charge in [-0.05, 0) is 24.1 Å². The van der Waals surface area contributed by atoms with Crippen LogP contribution < -0.4 is 10.9 Å². The van der Waals surface area contributed by atoms with Crippen LogP contribution in [0.15, 0.2) is 29.2 Å². The van der Waals surface area contributed by atoms with Crippen molar-refractivity contribution in [3.05, 3.63) is 29.8 Å². The van der Waals surface area contributed by atoms with E-state index in [0.29, 0.717) is 5.56 Å². The van der Waals surface area contributed by atoms with Gasteiger partial charge in [0.2, 0.25) is 0 Å². The molecule has 1 fully saturated rings. The summed E-state index contributed by atoms with van der Waals surface area (Å²) in [6.07, 6.45) is 0.232. The second-order valence-corrected chi connectivity index (χ2v) is 5.59. The molecule has 0 spiro atoms. The van der Waals surface area contributed by atoms with Gasteiger partial charge in [0.1, 0.15) is 0 Å². The predicted molar refractivity (Wildman–Crippen MR) is 64.5 cm³/mol. The monoisotopic (exact) mass is 284 g/mol. The first-order chi connectivity index (χ1) is 8.82. The molecular formula is C11H12N2O5S. The van der Waals surface area contributed by atoms with E-state index in [1.807, 2.05) is 0 Å². The number of hydrogen-bond acceptors (Lipinski definition) is 4. The largest absolute Gasteiger partial charge is 0.294 e. The van der Waals surface area contributed by atoms with Crippen LogP contribution >= 0.6 is 0 Å². The van der Waals surface area contributed by atoms with Gasteiger partial charge in [-0.3, -0.25) is 25.0 Å². The third-order valence-corrected chi connectivity index (χ3v) is 4.11. The number of amides is 2. The van der Waals surface area contributed by atoms with Crippen LogP contribution in [0.3, 0.4) is 0 Å². The molecule has 0 aromatic heterocycles. The van der Waals surface area contributed by atoms with Crippen LogP contribution in [-0.2, 0) is 25.1 Å². The minimum atomic E-state index is -4.30. The number of carbonyl (C=O) groups is 2. The summed E-state index contributed by atoms with van der Waals surface area (Å²) in [7, 11) is -4.30. The number of nitrogens with one attached hydrogen (secondary N) is 2. The van der Waals surface area contributed by atoms with Crippen LogP contribution in [0.5, 0.6) is 0 Å². The minimum absolute atomic E-state index is 0.232. The van der Waals surface area contributed by atoms with Gasteiger partial charge >= 0.3 is 0 Å². The fraction of sp³-hybridized carbons (Fsp3) is 0.273. The van der Waals surface area contributed by atoms with E-state index in [2.05, 4.69) is 10.9 Å². The molecule has 1 aliphatic heterocycles. The summed E-state index contributed by atoms with van der Waals surface area (Å²) < 4.78 is 30.8. The molecule has 19 heavy (non-hydrogen) atoms. The van der Waals surface area contributed by atoms with Crippen molar-refractivity contribution in [2.75, 3.05) is 0 Å². The zero-order valence-corrected chi connectivity index (χ0v) is 10.8. The SMILES string of the molecule is CCC1(c2ccc(S(=O)(=O)O)cc2)C(=O)NNC1=O. The molecule has 1 aromatic carbocycles. The van der Waals surface area contributed by atoms with Gasteiger partial charge in [-0.2, -0.15) is 8.42 Å². The van der Waals surface area contributed by atoms with Crippen molar-refractivity contribution >= 4 is 21.9 Å². The van der Waals surface area contributed by atoms with Crippen LogP contribution in [0, 0.1) is 0 Å².